The number of likely N-dealkylation sites (N-methyl/N-ethyl adjacent to an activating group) is 1. The number of piperazine rings is 1. The van der Waals surface area contributed by atoms with Crippen LogP contribution in [0.4, 0.5) is 0 Å². The molecule has 100 valence electrons. The molecule has 1 aliphatic heterocycles. The summed E-state index contributed by atoms with van der Waals surface area (Å²) in [5.74, 6) is 0.728. The highest BCUT2D eigenvalue weighted by molar-refractivity contribution is 7.99. The van der Waals surface area contributed by atoms with Crippen LogP contribution in [0.5, 0.6) is 0 Å². The SMILES string of the molecule is CSCC(=O)NCC[C@H](C)N1CCN(C)CC1. The molecule has 4 nitrogen and oxygen atoms in total. The Morgan fingerprint density at radius 2 is 2.00 bits per heavy atom. The van der Waals surface area contributed by atoms with E-state index in [1.54, 1.807) is 11.8 Å². The molecule has 0 aliphatic carbocycles. The van der Waals surface area contributed by atoms with Gasteiger partial charge in [-0.15, -0.1) is 0 Å². The van der Waals surface area contributed by atoms with Crippen molar-refractivity contribution in [2.45, 2.75) is 19.4 Å². The Hall–Kier alpha value is -0.260. The van der Waals surface area contributed by atoms with Crippen molar-refractivity contribution < 1.29 is 4.79 Å². The van der Waals surface area contributed by atoms with E-state index in [1.165, 1.54) is 0 Å². The van der Waals surface area contributed by atoms with Gasteiger partial charge in [0.25, 0.3) is 0 Å². The van der Waals surface area contributed by atoms with Gasteiger partial charge in [0.2, 0.25) is 5.91 Å². The van der Waals surface area contributed by atoms with Crippen LogP contribution in [0.15, 0.2) is 0 Å². The molecule has 0 aromatic heterocycles. The Labute approximate surface area is 109 Å². The van der Waals surface area contributed by atoms with Gasteiger partial charge < -0.3 is 10.2 Å². The summed E-state index contributed by atoms with van der Waals surface area (Å²) in [4.78, 5) is 16.2. The van der Waals surface area contributed by atoms with Crippen LogP contribution in [-0.4, -0.2) is 73.5 Å². The minimum absolute atomic E-state index is 0.156. The molecule has 1 aliphatic rings. The maximum Gasteiger partial charge on any atom is 0.229 e. The molecule has 1 amide bonds. The van der Waals surface area contributed by atoms with E-state index in [4.69, 9.17) is 0 Å². The monoisotopic (exact) mass is 259 g/mol. The van der Waals surface area contributed by atoms with E-state index in [9.17, 15) is 4.79 Å². The highest BCUT2D eigenvalue weighted by Gasteiger charge is 2.18. The van der Waals surface area contributed by atoms with E-state index in [0.29, 0.717) is 11.8 Å². The van der Waals surface area contributed by atoms with E-state index in [0.717, 1.165) is 39.1 Å². The van der Waals surface area contributed by atoms with Gasteiger partial charge >= 0.3 is 0 Å². The molecule has 0 spiro atoms. The van der Waals surface area contributed by atoms with Crippen LogP contribution < -0.4 is 5.32 Å². The molecule has 1 N–H and O–H groups in total. The Balaban J connectivity index is 2.12. The molecular formula is C12H25N3OS. The summed E-state index contributed by atoms with van der Waals surface area (Å²) in [6.07, 6.45) is 3.00. The topological polar surface area (TPSA) is 35.6 Å². The number of hydrogen-bond acceptors (Lipinski definition) is 4. The van der Waals surface area contributed by atoms with Crippen LogP contribution in [0.25, 0.3) is 0 Å². The quantitative estimate of drug-likeness (QED) is 0.753. The molecule has 1 fully saturated rings. The third-order valence-electron chi connectivity index (χ3n) is 3.32. The molecule has 0 bridgehead atoms. The van der Waals surface area contributed by atoms with Gasteiger partial charge in [0.05, 0.1) is 5.75 Å². The van der Waals surface area contributed by atoms with E-state index in [2.05, 4.69) is 29.1 Å². The molecule has 0 saturated carbocycles. The lowest BCUT2D eigenvalue weighted by atomic mass is 10.1. The Morgan fingerprint density at radius 3 is 2.59 bits per heavy atom. The molecule has 1 saturated heterocycles. The number of amides is 1. The van der Waals surface area contributed by atoms with Crippen LogP contribution in [-0.2, 0) is 4.79 Å². The molecule has 17 heavy (non-hydrogen) atoms. The van der Waals surface area contributed by atoms with E-state index < -0.39 is 0 Å². The first-order valence-electron chi connectivity index (χ1n) is 6.31. The van der Waals surface area contributed by atoms with Crippen molar-refractivity contribution in [3.8, 4) is 0 Å². The van der Waals surface area contributed by atoms with Crippen molar-refractivity contribution >= 4 is 17.7 Å². The van der Waals surface area contributed by atoms with Gasteiger partial charge in [-0.2, -0.15) is 11.8 Å². The zero-order valence-corrected chi connectivity index (χ0v) is 12.1. The number of hydrogen-bond donors (Lipinski definition) is 1. The van der Waals surface area contributed by atoms with Crippen molar-refractivity contribution in [1.82, 2.24) is 15.1 Å². The third-order valence-corrected chi connectivity index (χ3v) is 3.87. The van der Waals surface area contributed by atoms with E-state index in [-0.39, 0.29) is 5.91 Å². The summed E-state index contributed by atoms with van der Waals surface area (Å²) in [5.41, 5.74) is 0. The first kappa shape index (κ1) is 14.8. The van der Waals surface area contributed by atoms with Gasteiger partial charge in [-0.3, -0.25) is 9.69 Å². The molecule has 1 atom stereocenters. The number of rotatable bonds is 6. The highest BCUT2D eigenvalue weighted by Crippen LogP contribution is 2.07. The van der Waals surface area contributed by atoms with Crippen molar-refractivity contribution in [3.05, 3.63) is 0 Å². The van der Waals surface area contributed by atoms with Gasteiger partial charge in [-0.1, -0.05) is 0 Å². The number of carbonyl (C=O) groups is 1. The van der Waals surface area contributed by atoms with Crippen molar-refractivity contribution in [2.24, 2.45) is 0 Å². The zero-order chi connectivity index (χ0) is 12.7. The van der Waals surface area contributed by atoms with Gasteiger partial charge in [0, 0.05) is 38.8 Å². The molecule has 1 rings (SSSR count). The van der Waals surface area contributed by atoms with Crippen LogP contribution in [0, 0.1) is 0 Å². The average Bonchev–Trinajstić information content (AvgIpc) is 2.30. The van der Waals surface area contributed by atoms with Gasteiger partial charge in [0.15, 0.2) is 0 Å². The standard InChI is InChI=1S/C12H25N3OS/c1-11(4-5-13-12(16)10-17-3)15-8-6-14(2)7-9-15/h11H,4-10H2,1-3H3,(H,13,16)/t11-/m0/s1. The summed E-state index contributed by atoms with van der Waals surface area (Å²) in [5, 5.41) is 2.97. The second-order valence-electron chi connectivity index (χ2n) is 4.76. The Bertz CT molecular complexity index is 230. The summed E-state index contributed by atoms with van der Waals surface area (Å²) < 4.78 is 0. The summed E-state index contributed by atoms with van der Waals surface area (Å²) >= 11 is 1.57. The molecule has 5 heteroatoms. The lowest BCUT2D eigenvalue weighted by Crippen LogP contribution is -2.48. The molecule has 0 unspecified atom stereocenters. The highest BCUT2D eigenvalue weighted by atomic mass is 32.2. The summed E-state index contributed by atoms with van der Waals surface area (Å²) in [7, 11) is 2.17. The van der Waals surface area contributed by atoms with Crippen molar-refractivity contribution in [3.63, 3.8) is 0 Å². The van der Waals surface area contributed by atoms with Crippen LogP contribution in [0.1, 0.15) is 13.3 Å². The molecule has 0 aromatic rings. The summed E-state index contributed by atoms with van der Waals surface area (Å²) in [6.45, 7) is 7.66. The number of nitrogens with zero attached hydrogens (tertiary/aromatic N) is 2. The van der Waals surface area contributed by atoms with Crippen LogP contribution in [0.3, 0.4) is 0 Å². The van der Waals surface area contributed by atoms with E-state index >= 15 is 0 Å². The second-order valence-corrected chi connectivity index (χ2v) is 5.63. The fourth-order valence-corrected chi connectivity index (χ4v) is 2.41. The maximum absolute atomic E-state index is 11.3. The van der Waals surface area contributed by atoms with Crippen molar-refractivity contribution in [2.75, 3.05) is 51.8 Å². The van der Waals surface area contributed by atoms with Crippen molar-refractivity contribution in [1.29, 1.82) is 0 Å². The first-order valence-corrected chi connectivity index (χ1v) is 7.71. The fraction of sp³-hybridized carbons (Fsp3) is 0.917. The normalized spacial score (nSPS) is 20.2. The third kappa shape index (κ3) is 5.75. The average molecular weight is 259 g/mol. The predicted octanol–water partition coefficient (Wildman–Crippen LogP) is 0.492. The van der Waals surface area contributed by atoms with Gasteiger partial charge in [-0.25, -0.2) is 0 Å². The molecule has 1 heterocycles. The minimum atomic E-state index is 0.156. The lowest BCUT2D eigenvalue weighted by molar-refractivity contribution is -0.118. The second kappa shape index (κ2) is 7.95. The fourth-order valence-electron chi connectivity index (χ4n) is 2.05. The van der Waals surface area contributed by atoms with E-state index in [1.807, 2.05) is 6.26 Å². The first-order chi connectivity index (χ1) is 8.13. The molecule has 0 aromatic carbocycles. The van der Waals surface area contributed by atoms with Gasteiger partial charge in [0.1, 0.15) is 0 Å². The summed E-state index contributed by atoms with van der Waals surface area (Å²) in [6, 6.07) is 0.568. The van der Waals surface area contributed by atoms with Gasteiger partial charge in [-0.05, 0) is 26.6 Å². The molecular weight excluding hydrogens is 234 g/mol. The number of carbonyl (C=O) groups excluding carboxylic acids is 1. The predicted molar refractivity (Wildman–Crippen MR) is 74.5 cm³/mol. The number of thioether (sulfide) groups is 1. The Morgan fingerprint density at radius 1 is 1.35 bits per heavy atom. The lowest BCUT2D eigenvalue weighted by Gasteiger charge is -2.36. The zero-order valence-electron chi connectivity index (χ0n) is 11.2. The molecule has 0 radical (unpaired) electrons. The smallest absolute Gasteiger partial charge is 0.229 e. The minimum Gasteiger partial charge on any atom is -0.355 e. The number of nitrogens with one attached hydrogen (secondary N) is 1. The maximum atomic E-state index is 11.3. The van der Waals surface area contributed by atoms with Crippen LogP contribution in [0.2, 0.25) is 0 Å². The Kier molecular flexibility index (Phi) is 6.92. The van der Waals surface area contributed by atoms with Crippen LogP contribution >= 0.6 is 11.8 Å². The largest absolute Gasteiger partial charge is 0.355 e.